The van der Waals surface area contributed by atoms with Crippen LogP contribution in [0.15, 0.2) is 69.1 Å². The third kappa shape index (κ3) is 4.13. The second kappa shape index (κ2) is 7.94. The van der Waals surface area contributed by atoms with Crippen molar-refractivity contribution < 1.29 is 21.8 Å². The van der Waals surface area contributed by atoms with Crippen molar-refractivity contribution in [2.75, 3.05) is 15.6 Å². The SMILES string of the molecule is O=[N+]([O-])c1cccc(S(=O)(=O)Nc2ccc3c(c2)N(S(=O)(=O)c2cccs2)CCC3)c1. The summed E-state index contributed by atoms with van der Waals surface area (Å²) in [6.45, 7) is 0.286. The highest BCUT2D eigenvalue weighted by molar-refractivity contribution is 7.94. The van der Waals surface area contributed by atoms with E-state index < -0.39 is 25.0 Å². The second-order valence-corrected chi connectivity index (χ2v) is 11.5. The Morgan fingerprint density at radius 2 is 1.84 bits per heavy atom. The summed E-state index contributed by atoms with van der Waals surface area (Å²) in [5.41, 5.74) is 1.03. The fraction of sp³-hybridized carbons (Fsp3) is 0.158. The molecule has 0 amide bonds. The molecule has 1 aliphatic heterocycles. The van der Waals surface area contributed by atoms with E-state index in [-0.39, 0.29) is 27.0 Å². The maximum Gasteiger partial charge on any atom is 0.273 e. The molecule has 31 heavy (non-hydrogen) atoms. The van der Waals surface area contributed by atoms with Crippen LogP contribution >= 0.6 is 11.3 Å². The summed E-state index contributed by atoms with van der Waals surface area (Å²) in [6.07, 6.45) is 1.32. The smallest absolute Gasteiger partial charge is 0.273 e. The second-order valence-electron chi connectivity index (χ2n) is 6.82. The minimum absolute atomic E-state index is 0.165. The Bertz CT molecular complexity index is 1350. The number of nitro groups is 1. The van der Waals surface area contributed by atoms with Crippen LogP contribution in [0.5, 0.6) is 0 Å². The van der Waals surface area contributed by atoms with Gasteiger partial charge in [0.05, 0.1) is 21.2 Å². The van der Waals surface area contributed by atoms with Crippen molar-refractivity contribution in [3.05, 3.63) is 75.7 Å². The van der Waals surface area contributed by atoms with E-state index >= 15 is 0 Å². The van der Waals surface area contributed by atoms with Gasteiger partial charge in [-0.1, -0.05) is 18.2 Å². The van der Waals surface area contributed by atoms with Gasteiger partial charge in [0.15, 0.2) is 0 Å². The van der Waals surface area contributed by atoms with Gasteiger partial charge in [0.1, 0.15) is 4.21 Å². The van der Waals surface area contributed by atoms with Gasteiger partial charge < -0.3 is 0 Å². The van der Waals surface area contributed by atoms with Crippen molar-refractivity contribution in [3.8, 4) is 0 Å². The number of non-ortho nitro benzene ring substituents is 1. The number of hydrogen-bond donors (Lipinski definition) is 1. The summed E-state index contributed by atoms with van der Waals surface area (Å²) in [4.78, 5) is 10.0. The Morgan fingerprint density at radius 3 is 2.55 bits per heavy atom. The van der Waals surface area contributed by atoms with Crippen LogP contribution in [0.25, 0.3) is 0 Å². The first-order valence-corrected chi connectivity index (χ1v) is 13.0. The normalized spacial score (nSPS) is 14.1. The van der Waals surface area contributed by atoms with E-state index in [1.807, 2.05) is 0 Å². The molecule has 0 atom stereocenters. The zero-order chi connectivity index (χ0) is 22.2. The van der Waals surface area contributed by atoms with E-state index in [1.165, 1.54) is 34.6 Å². The van der Waals surface area contributed by atoms with E-state index in [0.717, 1.165) is 23.0 Å². The lowest BCUT2D eigenvalue weighted by Crippen LogP contribution is -2.35. The van der Waals surface area contributed by atoms with Crippen LogP contribution < -0.4 is 9.03 Å². The molecule has 1 N–H and O–H groups in total. The Labute approximate surface area is 183 Å². The topological polar surface area (TPSA) is 127 Å². The molecule has 9 nitrogen and oxygen atoms in total. The lowest BCUT2D eigenvalue weighted by atomic mass is 10.0. The number of nitrogens with one attached hydrogen (secondary N) is 1. The van der Waals surface area contributed by atoms with E-state index in [0.29, 0.717) is 18.5 Å². The molecule has 162 valence electrons. The molecule has 0 saturated heterocycles. The maximum atomic E-state index is 13.1. The number of aryl methyl sites for hydroxylation is 1. The Balaban J connectivity index is 1.69. The zero-order valence-corrected chi connectivity index (χ0v) is 18.4. The number of fused-ring (bicyclic) bond motifs is 1. The highest BCUT2D eigenvalue weighted by Gasteiger charge is 2.30. The molecule has 4 rings (SSSR count). The number of benzene rings is 2. The van der Waals surface area contributed by atoms with Crippen LogP contribution in [-0.2, 0) is 26.5 Å². The van der Waals surface area contributed by atoms with Gasteiger partial charge in [-0.2, -0.15) is 0 Å². The average Bonchev–Trinajstić information content (AvgIpc) is 3.29. The monoisotopic (exact) mass is 479 g/mol. The number of hydrogen-bond acceptors (Lipinski definition) is 7. The van der Waals surface area contributed by atoms with Gasteiger partial charge >= 0.3 is 0 Å². The van der Waals surface area contributed by atoms with E-state index in [2.05, 4.69) is 4.72 Å². The highest BCUT2D eigenvalue weighted by atomic mass is 32.2. The predicted octanol–water partition coefficient (Wildman–Crippen LogP) is 3.60. The molecule has 0 saturated carbocycles. The molecule has 0 fully saturated rings. The number of rotatable bonds is 6. The summed E-state index contributed by atoms with van der Waals surface area (Å²) in [7, 11) is -7.87. The standard InChI is InChI=1S/C19H17N3O6S3/c23-22(24)16-5-1-6-17(13-16)30(25,26)20-15-9-8-14-4-2-10-21(18(14)12-15)31(27,28)19-7-3-11-29-19/h1,3,5-9,11-13,20H,2,4,10H2. The minimum atomic E-state index is -4.11. The number of nitro benzene ring substituents is 1. The summed E-state index contributed by atoms with van der Waals surface area (Å²) in [6, 6.07) is 12.6. The van der Waals surface area contributed by atoms with Crippen LogP contribution in [0.1, 0.15) is 12.0 Å². The van der Waals surface area contributed by atoms with E-state index in [4.69, 9.17) is 0 Å². The van der Waals surface area contributed by atoms with E-state index in [1.54, 1.807) is 23.6 Å². The first-order valence-electron chi connectivity index (χ1n) is 9.15. The van der Waals surface area contributed by atoms with Crippen molar-refractivity contribution in [1.29, 1.82) is 0 Å². The van der Waals surface area contributed by atoms with Crippen molar-refractivity contribution >= 4 is 48.4 Å². The Morgan fingerprint density at radius 1 is 1.03 bits per heavy atom. The van der Waals surface area contributed by atoms with Crippen LogP contribution in [0.2, 0.25) is 0 Å². The molecule has 0 bridgehead atoms. The van der Waals surface area contributed by atoms with Gasteiger partial charge in [0.2, 0.25) is 0 Å². The molecular formula is C19H17N3O6S3. The largest absolute Gasteiger partial charge is 0.280 e. The molecule has 0 radical (unpaired) electrons. The molecule has 1 aliphatic rings. The van der Waals surface area contributed by atoms with Gasteiger partial charge in [-0.15, -0.1) is 11.3 Å². The molecule has 0 aliphatic carbocycles. The fourth-order valence-corrected chi connectivity index (χ4v) is 7.08. The number of sulfonamides is 2. The van der Waals surface area contributed by atoms with Gasteiger partial charge in [-0.3, -0.25) is 19.1 Å². The molecule has 1 aromatic heterocycles. The Hall–Kier alpha value is -2.96. The van der Waals surface area contributed by atoms with Crippen LogP contribution in [0.3, 0.4) is 0 Å². The predicted molar refractivity (Wildman–Crippen MR) is 118 cm³/mol. The first-order chi connectivity index (χ1) is 14.7. The maximum absolute atomic E-state index is 13.1. The highest BCUT2D eigenvalue weighted by Crippen LogP contribution is 2.35. The third-order valence-corrected chi connectivity index (χ3v) is 9.36. The van der Waals surface area contributed by atoms with Crippen molar-refractivity contribution in [1.82, 2.24) is 0 Å². The number of nitrogens with zero attached hydrogens (tertiary/aromatic N) is 2. The molecule has 0 unspecified atom stereocenters. The number of anilines is 2. The minimum Gasteiger partial charge on any atom is -0.280 e. The zero-order valence-electron chi connectivity index (χ0n) is 16.0. The lowest BCUT2D eigenvalue weighted by Gasteiger charge is -2.30. The summed E-state index contributed by atoms with van der Waals surface area (Å²) >= 11 is 1.12. The summed E-state index contributed by atoms with van der Waals surface area (Å²) in [5.74, 6) is 0. The molecule has 3 aromatic rings. The van der Waals surface area contributed by atoms with Gasteiger partial charge in [-0.05, 0) is 48.1 Å². The fourth-order valence-electron chi connectivity index (χ4n) is 3.35. The van der Waals surface area contributed by atoms with Crippen LogP contribution in [-0.4, -0.2) is 28.3 Å². The van der Waals surface area contributed by atoms with Gasteiger partial charge in [0, 0.05) is 18.7 Å². The van der Waals surface area contributed by atoms with Crippen molar-refractivity contribution in [2.24, 2.45) is 0 Å². The average molecular weight is 480 g/mol. The van der Waals surface area contributed by atoms with Crippen LogP contribution in [0, 0.1) is 10.1 Å². The van der Waals surface area contributed by atoms with Gasteiger partial charge in [-0.25, -0.2) is 16.8 Å². The first kappa shape index (κ1) is 21.3. The number of thiophene rings is 1. The lowest BCUT2D eigenvalue weighted by molar-refractivity contribution is -0.385. The van der Waals surface area contributed by atoms with Crippen molar-refractivity contribution in [2.45, 2.75) is 21.9 Å². The van der Waals surface area contributed by atoms with Crippen molar-refractivity contribution in [3.63, 3.8) is 0 Å². The van der Waals surface area contributed by atoms with E-state index in [9.17, 15) is 26.9 Å². The van der Waals surface area contributed by atoms with Gasteiger partial charge in [0.25, 0.3) is 25.7 Å². The Kier molecular flexibility index (Phi) is 5.45. The molecular weight excluding hydrogens is 462 g/mol. The quantitative estimate of drug-likeness (QED) is 0.425. The molecule has 2 aromatic carbocycles. The summed E-state index contributed by atoms with van der Waals surface area (Å²) in [5, 5.41) is 12.6. The molecule has 2 heterocycles. The molecule has 0 spiro atoms. The third-order valence-electron chi connectivity index (χ3n) is 4.79. The van der Waals surface area contributed by atoms with Crippen LogP contribution in [0.4, 0.5) is 17.1 Å². The molecule has 12 heteroatoms. The summed E-state index contributed by atoms with van der Waals surface area (Å²) < 4.78 is 55.5.